The minimum Gasteiger partial charge on any atom is -0.296 e. The minimum atomic E-state index is -0.455. The van der Waals surface area contributed by atoms with Gasteiger partial charge < -0.3 is 0 Å². The molecule has 24 heavy (non-hydrogen) atoms. The Morgan fingerprint density at radius 3 is 1.71 bits per heavy atom. The topological polar surface area (TPSA) is 58.9 Å². The Hall–Kier alpha value is -1.06. The van der Waals surface area contributed by atoms with Crippen LogP contribution in [0.3, 0.4) is 0 Å². The molecule has 1 rings (SSSR count). The quantitative estimate of drug-likeness (QED) is 0.392. The fourth-order valence-electron chi connectivity index (χ4n) is 3.23. The Labute approximate surface area is 147 Å². The van der Waals surface area contributed by atoms with E-state index in [0.29, 0.717) is 5.82 Å². The number of H-pyrrole nitrogens is 1. The maximum absolute atomic E-state index is 11.0. The van der Waals surface area contributed by atoms with Crippen LogP contribution >= 0.6 is 0 Å². The summed E-state index contributed by atoms with van der Waals surface area (Å²) in [6.45, 7) is 6.50. The number of aromatic amines is 1. The van der Waals surface area contributed by atoms with Crippen LogP contribution in [0.1, 0.15) is 116 Å². The molecule has 1 aromatic heterocycles. The second-order valence-corrected chi connectivity index (χ2v) is 7.82. The van der Waals surface area contributed by atoms with Crippen LogP contribution in [0.25, 0.3) is 0 Å². The average Bonchev–Trinajstić information content (AvgIpc) is 2.99. The molecular weight excluding hydrogens is 300 g/mol. The molecule has 1 N–H and O–H groups in total. The second kappa shape index (κ2) is 12.3. The van der Waals surface area contributed by atoms with Crippen molar-refractivity contribution in [2.45, 2.75) is 116 Å². The first-order valence-corrected chi connectivity index (χ1v) is 10.1. The Bertz CT molecular complexity index is 462. The molecule has 0 saturated heterocycles. The van der Waals surface area contributed by atoms with Crippen molar-refractivity contribution in [3.63, 3.8) is 0 Å². The van der Waals surface area contributed by atoms with Gasteiger partial charge in [-0.3, -0.25) is 9.51 Å². The van der Waals surface area contributed by atoms with Gasteiger partial charge in [0.2, 0.25) is 0 Å². The SMILES string of the molecule is CCCCCCCCCCCCCCCC(C)(C)c1noc(=O)[nH]1. The third kappa shape index (κ3) is 9.29. The van der Waals surface area contributed by atoms with Crippen LogP contribution < -0.4 is 5.76 Å². The van der Waals surface area contributed by atoms with E-state index in [9.17, 15) is 4.79 Å². The lowest BCUT2D eigenvalue weighted by Crippen LogP contribution is -2.20. The van der Waals surface area contributed by atoms with Crippen LogP contribution in [-0.2, 0) is 5.41 Å². The zero-order valence-corrected chi connectivity index (χ0v) is 16.2. The smallest absolute Gasteiger partial charge is 0.296 e. The molecule has 0 spiro atoms. The molecule has 1 aromatic rings. The molecule has 0 radical (unpaired) electrons. The third-order valence-electron chi connectivity index (χ3n) is 4.99. The molecule has 0 saturated carbocycles. The Kier molecular flexibility index (Phi) is 10.8. The number of hydrogen-bond donors (Lipinski definition) is 1. The summed E-state index contributed by atoms with van der Waals surface area (Å²) in [7, 11) is 0. The molecule has 0 unspecified atom stereocenters. The monoisotopic (exact) mass is 338 g/mol. The van der Waals surface area contributed by atoms with Gasteiger partial charge in [0.05, 0.1) is 0 Å². The molecule has 4 heteroatoms. The highest BCUT2D eigenvalue weighted by Crippen LogP contribution is 2.26. The molecule has 4 nitrogen and oxygen atoms in total. The minimum absolute atomic E-state index is 0.107. The van der Waals surface area contributed by atoms with Crippen molar-refractivity contribution in [2.75, 3.05) is 0 Å². The van der Waals surface area contributed by atoms with Gasteiger partial charge in [0.15, 0.2) is 5.82 Å². The fraction of sp³-hybridized carbons (Fsp3) is 0.900. The molecule has 0 bridgehead atoms. The lowest BCUT2D eigenvalue weighted by Gasteiger charge is -2.20. The van der Waals surface area contributed by atoms with Gasteiger partial charge in [-0.1, -0.05) is 109 Å². The first-order valence-electron chi connectivity index (χ1n) is 10.1. The molecular formula is C20H38N2O2. The number of aromatic nitrogens is 2. The number of nitrogens with zero attached hydrogens (tertiary/aromatic N) is 1. The molecule has 1 heterocycles. The van der Waals surface area contributed by atoms with Crippen molar-refractivity contribution in [3.05, 3.63) is 16.4 Å². The highest BCUT2D eigenvalue weighted by atomic mass is 16.5. The summed E-state index contributed by atoms with van der Waals surface area (Å²) in [6, 6.07) is 0. The summed E-state index contributed by atoms with van der Waals surface area (Å²) in [6.07, 6.45) is 18.8. The van der Waals surface area contributed by atoms with E-state index in [2.05, 4.69) is 35.4 Å². The van der Waals surface area contributed by atoms with Gasteiger partial charge in [0, 0.05) is 5.41 Å². The van der Waals surface area contributed by atoms with Gasteiger partial charge in [-0.2, -0.15) is 0 Å². The van der Waals surface area contributed by atoms with Gasteiger partial charge in [-0.15, -0.1) is 0 Å². The zero-order chi connectivity index (χ0) is 17.7. The lowest BCUT2D eigenvalue weighted by molar-refractivity contribution is 0.353. The molecule has 0 aliphatic rings. The number of unbranched alkanes of at least 4 members (excludes halogenated alkanes) is 12. The molecule has 140 valence electrons. The Balaban J connectivity index is 1.91. The number of hydrogen-bond acceptors (Lipinski definition) is 3. The van der Waals surface area contributed by atoms with Crippen molar-refractivity contribution in [2.24, 2.45) is 0 Å². The standard InChI is InChI=1S/C20H38N2O2/c1-4-5-6-7-8-9-10-11-12-13-14-15-16-17-20(2,3)18-21-19(23)24-22-18/h4-17H2,1-3H3,(H,21,22,23). The van der Waals surface area contributed by atoms with E-state index in [-0.39, 0.29) is 5.41 Å². The van der Waals surface area contributed by atoms with E-state index < -0.39 is 5.76 Å². The van der Waals surface area contributed by atoms with Crippen LogP contribution in [0.5, 0.6) is 0 Å². The second-order valence-electron chi connectivity index (χ2n) is 7.82. The summed E-state index contributed by atoms with van der Waals surface area (Å²) in [4.78, 5) is 13.7. The molecule has 0 fully saturated rings. The molecule has 0 amide bonds. The first-order chi connectivity index (χ1) is 11.6. The lowest BCUT2D eigenvalue weighted by atomic mass is 9.86. The average molecular weight is 339 g/mol. The summed E-state index contributed by atoms with van der Waals surface area (Å²) < 4.78 is 4.61. The van der Waals surface area contributed by atoms with Crippen molar-refractivity contribution < 1.29 is 4.52 Å². The van der Waals surface area contributed by atoms with Crippen molar-refractivity contribution in [1.29, 1.82) is 0 Å². The largest absolute Gasteiger partial charge is 0.438 e. The molecule has 0 aliphatic carbocycles. The van der Waals surface area contributed by atoms with Gasteiger partial charge in [0.25, 0.3) is 0 Å². The predicted octanol–water partition coefficient (Wildman–Crippen LogP) is 6.12. The highest BCUT2D eigenvalue weighted by Gasteiger charge is 2.24. The van der Waals surface area contributed by atoms with E-state index in [0.717, 1.165) is 6.42 Å². The van der Waals surface area contributed by atoms with Gasteiger partial charge in [-0.25, -0.2) is 4.79 Å². The van der Waals surface area contributed by atoms with Crippen LogP contribution in [0.4, 0.5) is 0 Å². The van der Waals surface area contributed by atoms with Gasteiger partial charge >= 0.3 is 5.76 Å². The van der Waals surface area contributed by atoms with Gasteiger partial charge in [0.1, 0.15) is 0 Å². The number of nitrogens with one attached hydrogen (secondary N) is 1. The zero-order valence-electron chi connectivity index (χ0n) is 16.2. The summed E-state index contributed by atoms with van der Waals surface area (Å²) >= 11 is 0. The molecule has 0 aromatic carbocycles. The summed E-state index contributed by atoms with van der Waals surface area (Å²) in [5.74, 6) is 0.217. The van der Waals surface area contributed by atoms with Crippen molar-refractivity contribution >= 4 is 0 Å². The Morgan fingerprint density at radius 1 is 0.833 bits per heavy atom. The maximum Gasteiger partial charge on any atom is 0.438 e. The van der Waals surface area contributed by atoms with Crippen LogP contribution in [-0.4, -0.2) is 10.1 Å². The van der Waals surface area contributed by atoms with E-state index in [1.54, 1.807) is 0 Å². The molecule has 0 atom stereocenters. The van der Waals surface area contributed by atoms with E-state index in [1.165, 1.54) is 83.5 Å². The summed E-state index contributed by atoms with van der Waals surface area (Å²) in [5.41, 5.74) is -0.107. The van der Waals surface area contributed by atoms with Crippen LogP contribution in [0.15, 0.2) is 9.32 Å². The molecule has 0 aliphatic heterocycles. The van der Waals surface area contributed by atoms with Crippen LogP contribution in [0, 0.1) is 0 Å². The Morgan fingerprint density at radius 2 is 1.29 bits per heavy atom. The number of rotatable bonds is 15. The van der Waals surface area contributed by atoms with E-state index >= 15 is 0 Å². The predicted molar refractivity (Wildman–Crippen MR) is 100 cm³/mol. The third-order valence-corrected chi connectivity index (χ3v) is 4.99. The van der Waals surface area contributed by atoms with Gasteiger partial charge in [-0.05, 0) is 6.42 Å². The highest BCUT2D eigenvalue weighted by molar-refractivity contribution is 4.99. The first kappa shape index (κ1) is 21.0. The van der Waals surface area contributed by atoms with Crippen molar-refractivity contribution in [3.8, 4) is 0 Å². The fourth-order valence-corrected chi connectivity index (χ4v) is 3.23. The van der Waals surface area contributed by atoms with Crippen LogP contribution in [0.2, 0.25) is 0 Å². The normalized spacial score (nSPS) is 12.0. The maximum atomic E-state index is 11.0. The van der Waals surface area contributed by atoms with E-state index in [4.69, 9.17) is 0 Å². The van der Waals surface area contributed by atoms with E-state index in [1.807, 2.05) is 0 Å². The summed E-state index contributed by atoms with van der Waals surface area (Å²) in [5, 5.41) is 3.82. The van der Waals surface area contributed by atoms with Crippen molar-refractivity contribution in [1.82, 2.24) is 10.1 Å².